The van der Waals surface area contributed by atoms with E-state index in [1.165, 1.54) is 0 Å². The first kappa shape index (κ1) is 14.8. The molecule has 1 fully saturated rings. The number of hydrogen-bond acceptors (Lipinski definition) is 3. The first-order chi connectivity index (χ1) is 8.84. The molecule has 1 saturated heterocycles. The quantitative estimate of drug-likeness (QED) is 0.837. The largest absolute Gasteiger partial charge is 0.398 e. The minimum atomic E-state index is -3.45. The summed E-state index contributed by atoms with van der Waals surface area (Å²) in [7, 11) is -3.45. The Morgan fingerprint density at radius 2 is 1.84 bits per heavy atom. The van der Waals surface area contributed by atoms with Crippen LogP contribution in [0.3, 0.4) is 0 Å². The molecular weight excluding hydrogens is 328 g/mol. The maximum atomic E-state index is 12.7. The highest BCUT2D eigenvalue weighted by Crippen LogP contribution is 2.31. The Morgan fingerprint density at radius 3 is 2.37 bits per heavy atom. The number of hydrogen-bond donors (Lipinski definition) is 1. The molecule has 106 valence electrons. The lowest BCUT2D eigenvalue weighted by Gasteiger charge is -2.37. The second-order valence-electron chi connectivity index (χ2n) is 5.15. The summed E-state index contributed by atoms with van der Waals surface area (Å²) in [4.78, 5) is 0.300. The third-order valence-electron chi connectivity index (χ3n) is 3.66. The lowest BCUT2D eigenvalue weighted by molar-refractivity contribution is 0.204. The normalized spacial score (nSPS) is 25.4. The molecule has 2 rings (SSSR count). The van der Waals surface area contributed by atoms with E-state index in [1.54, 1.807) is 22.5 Å². The van der Waals surface area contributed by atoms with Crippen molar-refractivity contribution >= 4 is 31.6 Å². The van der Waals surface area contributed by atoms with E-state index in [4.69, 9.17) is 5.73 Å². The predicted octanol–water partition coefficient (Wildman–Crippen LogP) is 2.98. The maximum absolute atomic E-state index is 12.7. The van der Waals surface area contributed by atoms with Crippen LogP contribution in [-0.4, -0.2) is 24.8 Å². The highest BCUT2D eigenvalue weighted by atomic mass is 79.9. The van der Waals surface area contributed by atoms with E-state index < -0.39 is 10.0 Å². The number of halogens is 1. The van der Waals surface area contributed by atoms with E-state index in [-0.39, 0.29) is 12.1 Å². The van der Waals surface area contributed by atoms with Crippen molar-refractivity contribution in [2.45, 2.75) is 50.1 Å². The van der Waals surface area contributed by atoms with Gasteiger partial charge in [-0.1, -0.05) is 6.42 Å². The van der Waals surface area contributed by atoms with Crippen LogP contribution in [0.1, 0.15) is 33.1 Å². The van der Waals surface area contributed by atoms with Gasteiger partial charge in [0.1, 0.15) is 0 Å². The zero-order chi connectivity index (χ0) is 14.2. The Kier molecular flexibility index (Phi) is 4.23. The molecule has 19 heavy (non-hydrogen) atoms. The Bertz CT molecular complexity index is 564. The summed E-state index contributed by atoms with van der Waals surface area (Å²) < 4.78 is 27.7. The van der Waals surface area contributed by atoms with Gasteiger partial charge in [0.05, 0.1) is 4.90 Å². The van der Waals surface area contributed by atoms with E-state index in [0.29, 0.717) is 15.1 Å². The smallest absolute Gasteiger partial charge is 0.243 e. The molecule has 2 unspecified atom stereocenters. The van der Waals surface area contributed by atoms with Gasteiger partial charge in [0.2, 0.25) is 10.0 Å². The SMILES string of the molecule is CC1CCCC(C)N1S(=O)(=O)c1ccc(N)c(Br)c1. The first-order valence-electron chi connectivity index (χ1n) is 6.42. The number of rotatable bonds is 2. The molecule has 0 bridgehead atoms. The van der Waals surface area contributed by atoms with Gasteiger partial charge in [0.25, 0.3) is 0 Å². The number of nitrogens with two attached hydrogens (primary N) is 1. The van der Waals surface area contributed by atoms with Crippen LogP contribution in [0.2, 0.25) is 0 Å². The third-order valence-corrected chi connectivity index (χ3v) is 6.47. The van der Waals surface area contributed by atoms with Crippen LogP contribution in [0.15, 0.2) is 27.6 Å². The molecule has 4 nitrogen and oxygen atoms in total. The molecule has 1 aromatic carbocycles. The van der Waals surface area contributed by atoms with E-state index in [1.807, 2.05) is 13.8 Å². The standard InChI is InChI=1S/C13H19BrN2O2S/c1-9-4-3-5-10(2)16(9)19(17,18)11-6-7-13(15)12(14)8-11/h6-10H,3-5,15H2,1-2H3. The summed E-state index contributed by atoms with van der Waals surface area (Å²) in [5.41, 5.74) is 6.25. The van der Waals surface area contributed by atoms with Crippen molar-refractivity contribution < 1.29 is 8.42 Å². The van der Waals surface area contributed by atoms with E-state index in [2.05, 4.69) is 15.9 Å². The molecule has 0 aromatic heterocycles. The fourth-order valence-electron chi connectivity index (χ4n) is 2.66. The molecule has 6 heteroatoms. The number of piperidine rings is 1. The van der Waals surface area contributed by atoms with Crippen molar-refractivity contribution in [1.29, 1.82) is 0 Å². The van der Waals surface area contributed by atoms with Gasteiger partial charge < -0.3 is 5.73 Å². The summed E-state index contributed by atoms with van der Waals surface area (Å²) in [6.45, 7) is 3.94. The van der Waals surface area contributed by atoms with Gasteiger partial charge in [-0.3, -0.25) is 0 Å². The van der Waals surface area contributed by atoms with Crippen molar-refractivity contribution in [3.63, 3.8) is 0 Å². The number of nitrogens with zero attached hydrogens (tertiary/aromatic N) is 1. The Labute approximate surface area is 123 Å². The van der Waals surface area contributed by atoms with Crippen molar-refractivity contribution in [3.8, 4) is 0 Å². The summed E-state index contributed by atoms with van der Waals surface area (Å²) in [5, 5.41) is 0. The molecule has 1 heterocycles. The molecule has 2 atom stereocenters. The van der Waals surface area contributed by atoms with Gasteiger partial charge in [-0.2, -0.15) is 4.31 Å². The third kappa shape index (κ3) is 2.80. The number of sulfonamides is 1. The molecular formula is C13H19BrN2O2S. The fourth-order valence-corrected chi connectivity index (χ4v) is 5.10. The molecule has 0 radical (unpaired) electrons. The number of nitrogen functional groups attached to an aromatic ring is 1. The highest BCUT2D eigenvalue weighted by Gasteiger charge is 2.35. The molecule has 1 aliphatic heterocycles. The Morgan fingerprint density at radius 1 is 1.26 bits per heavy atom. The number of anilines is 1. The van der Waals surface area contributed by atoms with Crippen molar-refractivity contribution in [3.05, 3.63) is 22.7 Å². The predicted molar refractivity (Wildman–Crippen MR) is 80.4 cm³/mol. The molecule has 1 aromatic rings. The first-order valence-corrected chi connectivity index (χ1v) is 8.66. The van der Waals surface area contributed by atoms with Crippen molar-refractivity contribution in [2.24, 2.45) is 0 Å². The van der Waals surface area contributed by atoms with Gasteiger partial charge in [-0.15, -0.1) is 0 Å². The molecule has 0 aliphatic carbocycles. The topological polar surface area (TPSA) is 63.4 Å². The average molecular weight is 347 g/mol. The molecule has 1 aliphatic rings. The summed E-state index contributed by atoms with van der Waals surface area (Å²) in [6, 6.07) is 4.87. The average Bonchev–Trinajstić information content (AvgIpc) is 2.32. The van der Waals surface area contributed by atoms with E-state index in [9.17, 15) is 8.42 Å². The molecule has 0 amide bonds. The zero-order valence-corrected chi connectivity index (χ0v) is 13.5. The molecule has 0 saturated carbocycles. The lowest BCUT2D eigenvalue weighted by Crippen LogP contribution is -2.47. The fraction of sp³-hybridized carbons (Fsp3) is 0.538. The molecule has 0 spiro atoms. The maximum Gasteiger partial charge on any atom is 0.243 e. The summed E-state index contributed by atoms with van der Waals surface area (Å²) in [5.74, 6) is 0. The van der Waals surface area contributed by atoms with Crippen LogP contribution in [0, 0.1) is 0 Å². The van der Waals surface area contributed by atoms with Gasteiger partial charge in [0, 0.05) is 22.2 Å². The number of benzene rings is 1. The van der Waals surface area contributed by atoms with Crippen LogP contribution in [0.5, 0.6) is 0 Å². The minimum Gasteiger partial charge on any atom is -0.398 e. The van der Waals surface area contributed by atoms with E-state index >= 15 is 0 Å². The van der Waals surface area contributed by atoms with E-state index in [0.717, 1.165) is 19.3 Å². The monoisotopic (exact) mass is 346 g/mol. The lowest BCUT2D eigenvalue weighted by atomic mass is 10.0. The van der Waals surface area contributed by atoms with Gasteiger partial charge in [-0.05, 0) is 60.8 Å². The van der Waals surface area contributed by atoms with Crippen LogP contribution in [0.25, 0.3) is 0 Å². The van der Waals surface area contributed by atoms with Crippen molar-refractivity contribution in [2.75, 3.05) is 5.73 Å². The van der Waals surface area contributed by atoms with Gasteiger partial charge in [0.15, 0.2) is 0 Å². The highest BCUT2D eigenvalue weighted by molar-refractivity contribution is 9.10. The van der Waals surface area contributed by atoms with Crippen LogP contribution in [-0.2, 0) is 10.0 Å². The second kappa shape index (κ2) is 5.42. The summed E-state index contributed by atoms with van der Waals surface area (Å²) in [6.07, 6.45) is 2.92. The van der Waals surface area contributed by atoms with Crippen LogP contribution >= 0.6 is 15.9 Å². The summed E-state index contributed by atoms with van der Waals surface area (Å²) >= 11 is 3.28. The van der Waals surface area contributed by atoms with Crippen LogP contribution in [0.4, 0.5) is 5.69 Å². The zero-order valence-electron chi connectivity index (χ0n) is 11.1. The Balaban J connectivity index is 2.43. The van der Waals surface area contributed by atoms with Crippen molar-refractivity contribution in [1.82, 2.24) is 4.31 Å². The van der Waals surface area contributed by atoms with Gasteiger partial charge in [-0.25, -0.2) is 8.42 Å². The molecule has 2 N–H and O–H groups in total. The van der Waals surface area contributed by atoms with Gasteiger partial charge >= 0.3 is 0 Å². The van der Waals surface area contributed by atoms with Crippen LogP contribution < -0.4 is 5.73 Å². The Hall–Kier alpha value is -0.590. The minimum absolute atomic E-state index is 0.0464. The second-order valence-corrected chi connectivity index (χ2v) is 7.84.